The van der Waals surface area contributed by atoms with Crippen LogP contribution in [0, 0.1) is 0 Å². The van der Waals surface area contributed by atoms with Crippen LogP contribution in [-0.2, 0) is 4.79 Å². The number of carbonyl (C=O) groups is 1. The van der Waals surface area contributed by atoms with Crippen molar-refractivity contribution < 1.29 is 9.53 Å². The second kappa shape index (κ2) is 6.65. The number of carbonyl (C=O) groups excluding carboxylic acids is 1. The van der Waals surface area contributed by atoms with Crippen LogP contribution in [0.4, 0.5) is 0 Å². The van der Waals surface area contributed by atoms with E-state index in [0.717, 1.165) is 25.6 Å². The Morgan fingerprint density at radius 3 is 2.86 bits per heavy atom. The van der Waals surface area contributed by atoms with E-state index in [1.54, 1.807) is 25.1 Å². The Bertz CT molecular complexity index is 563. The zero-order chi connectivity index (χ0) is 15.7. The van der Waals surface area contributed by atoms with Crippen LogP contribution in [-0.4, -0.2) is 42.1 Å². The number of rotatable bonds is 5. The molecule has 22 heavy (non-hydrogen) atoms. The maximum absolute atomic E-state index is 12.3. The normalized spacial score (nSPS) is 23.3. The minimum absolute atomic E-state index is 0.112. The summed E-state index contributed by atoms with van der Waals surface area (Å²) in [6.07, 6.45) is 3.00. The molecule has 1 saturated heterocycles. The topological polar surface area (TPSA) is 41.6 Å². The van der Waals surface area contributed by atoms with Crippen molar-refractivity contribution in [3.63, 3.8) is 0 Å². The molecule has 1 aromatic rings. The molecule has 6 heteroatoms. The molecule has 2 atom stereocenters. The van der Waals surface area contributed by atoms with Crippen molar-refractivity contribution in [3.05, 3.63) is 28.2 Å². The monoisotopic (exact) mass is 342 g/mol. The number of hydrogen-bond acceptors (Lipinski definition) is 3. The summed E-state index contributed by atoms with van der Waals surface area (Å²) in [5, 5.41) is 3.82. The van der Waals surface area contributed by atoms with Crippen LogP contribution in [0.3, 0.4) is 0 Å². The smallest absolute Gasteiger partial charge is 0.261 e. The van der Waals surface area contributed by atoms with Gasteiger partial charge in [0.1, 0.15) is 10.8 Å². The van der Waals surface area contributed by atoms with Crippen LogP contribution in [0.15, 0.2) is 18.2 Å². The van der Waals surface area contributed by atoms with E-state index in [0.29, 0.717) is 15.8 Å². The quantitative estimate of drug-likeness (QED) is 0.893. The van der Waals surface area contributed by atoms with Gasteiger partial charge in [0, 0.05) is 25.2 Å². The average Bonchev–Trinajstić information content (AvgIpc) is 3.24. The fourth-order valence-electron chi connectivity index (χ4n) is 2.81. The summed E-state index contributed by atoms with van der Waals surface area (Å²) in [6, 6.07) is 6.11. The fraction of sp³-hybridized carbons (Fsp3) is 0.562. The third-order valence-electron chi connectivity index (χ3n) is 4.22. The SMILES string of the molecule is C[C@H](Oc1cccc(Cl)c1Cl)C(=O)N[C@@H]1CCN(C2CC2)C1. The van der Waals surface area contributed by atoms with E-state index in [1.165, 1.54) is 12.8 Å². The molecular weight excluding hydrogens is 323 g/mol. The van der Waals surface area contributed by atoms with E-state index in [1.807, 2.05) is 0 Å². The molecule has 2 aliphatic rings. The first-order chi connectivity index (χ1) is 10.5. The lowest BCUT2D eigenvalue weighted by Gasteiger charge is -2.19. The van der Waals surface area contributed by atoms with E-state index in [4.69, 9.17) is 27.9 Å². The van der Waals surface area contributed by atoms with Gasteiger partial charge in [0.05, 0.1) is 5.02 Å². The third kappa shape index (κ3) is 3.67. The van der Waals surface area contributed by atoms with Gasteiger partial charge in [0.2, 0.25) is 0 Å². The highest BCUT2D eigenvalue weighted by molar-refractivity contribution is 6.42. The number of nitrogens with zero attached hydrogens (tertiary/aromatic N) is 1. The second-order valence-corrected chi connectivity index (χ2v) is 6.82. The molecule has 4 nitrogen and oxygen atoms in total. The Morgan fingerprint density at radius 1 is 1.36 bits per heavy atom. The lowest BCUT2D eigenvalue weighted by atomic mass is 10.2. The van der Waals surface area contributed by atoms with Crippen molar-refractivity contribution >= 4 is 29.1 Å². The van der Waals surface area contributed by atoms with E-state index >= 15 is 0 Å². The molecule has 1 N–H and O–H groups in total. The molecule has 2 fully saturated rings. The average molecular weight is 343 g/mol. The predicted octanol–water partition coefficient (Wildman–Crippen LogP) is 3.11. The highest BCUT2D eigenvalue weighted by Crippen LogP contribution is 2.32. The van der Waals surface area contributed by atoms with Gasteiger partial charge in [0.25, 0.3) is 5.91 Å². The lowest BCUT2D eigenvalue weighted by Crippen LogP contribution is -2.43. The van der Waals surface area contributed by atoms with Crippen LogP contribution < -0.4 is 10.1 Å². The van der Waals surface area contributed by atoms with Crippen molar-refractivity contribution in [2.24, 2.45) is 0 Å². The Morgan fingerprint density at radius 2 is 2.14 bits per heavy atom. The molecule has 0 radical (unpaired) electrons. The number of amides is 1. The van der Waals surface area contributed by atoms with Crippen molar-refractivity contribution in [2.75, 3.05) is 13.1 Å². The minimum atomic E-state index is -0.606. The number of likely N-dealkylation sites (tertiary alicyclic amines) is 1. The Balaban J connectivity index is 1.52. The standard InChI is InChI=1S/C16H20Cl2N2O2/c1-10(22-14-4-2-3-13(17)15(14)18)16(21)19-11-7-8-20(9-11)12-5-6-12/h2-4,10-12H,5-9H2,1H3,(H,19,21)/t10-,11+/m0/s1. The zero-order valence-corrected chi connectivity index (χ0v) is 14.0. The summed E-state index contributed by atoms with van der Waals surface area (Å²) in [5.41, 5.74) is 0. The van der Waals surface area contributed by atoms with Gasteiger partial charge in [-0.25, -0.2) is 0 Å². The number of benzene rings is 1. The van der Waals surface area contributed by atoms with Crippen molar-refractivity contribution in [1.29, 1.82) is 0 Å². The van der Waals surface area contributed by atoms with Crippen molar-refractivity contribution in [2.45, 2.75) is 44.4 Å². The molecular formula is C16H20Cl2N2O2. The van der Waals surface area contributed by atoms with E-state index in [2.05, 4.69) is 10.2 Å². The number of nitrogens with one attached hydrogen (secondary N) is 1. The van der Waals surface area contributed by atoms with Crippen LogP contribution in [0.25, 0.3) is 0 Å². The van der Waals surface area contributed by atoms with Crippen LogP contribution in [0.1, 0.15) is 26.2 Å². The molecule has 1 aliphatic carbocycles. The molecule has 1 heterocycles. The molecule has 1 aromatic carbocycles. The van der Waals surface area contributed by atoms with E-state index in [9.17, 15) is 4.79 Å². The van der Waals surface area contributed by atoms with E-state index < -0.39 is 6.10 Å². The van der Waals surface area contributed by atoms with Gasteiger partial charge in [0.15, 0.2) is 6.10 Å². The predicted molar refractivity (Wildman–Crippen MR) is 87.7 cm³/mol. The summed E-state index contributed by atoms with van der Waals surface area (Å²) < 4.78 is 5.64. The fourth-order valence-corrected chi connectivity index (χ4v) is 3.15. The van der Waals surface area contributed by atoms with E-state index in [-0.39, 0.29) is 11.9 Å². The Kier molecular flexibility index (Phi) is 4.81. The summed E-state index contributed by atoms with van der Waals surface area (Å²) in [4.78, 5) is 14.7. The third-order valence-corrected chi connectivity index (χ3v) is 5.02. The maximum atomic E-state index is 12.3. The lowest BCUT2D eigenvalue weighted by molar-refractivity contribution is -0.127. The molecule has 1 aliphatic heterocycles. The van der Waals surface area contributed by atoms with Gasteiger partial charge in [-0.2, -0.15) is 0 Å². The molecule has 1 amide bonds. The molecule has 0 unspecified atom stereocenters. The number of halogens is 2. The number of hydrogen-bond donors (Lipinski definition) is 1. The first-order valence-electron chi connectivity index (χ1n) is 7.69. The first kappa shape index (κ1) is 15.9. The van der Waals surface area contributed by atoms with Gasteiger partial charge in [-0.1, -0.05) is 29.3 Å². The molecule has 0 spiro atoms. The van der Waals surface area contributed by atoms with Gasteiger partial charge < -0.3 is 10.1 Å². The molecule has 120 valence electrons. The summed E-state index contributed by atoms with van der Waals surface area (Å²) in [7, 11) is 0. The molecule has 1 saturated carbocycles. The highest BCUT2D eigenvalue weighted by atomic mass is 35.5. The van der Waals surface area contributed by atoms with Crippen LogP contribution in [0.5, 0.6) is 5.75 Å². The number of ether oxygens (including phenoxy) is 1. The van der Waals surface area contributed by atoms with Gasteiger partial charge >= 0.3 is 0 Å². The summed E-state index contributed by atoms with van der Waals surface area (Å²) in [6.45, 7) is 3.74. The first-order valence-corrected chi connectivity index (χ1v) is 8.45. The van der Waals surface area contributed by atoms with Gasteiger partial charge in [-0.3, -0.25) is 9.69 Å². The van der Waals surface area contributed by atoms with Gasteiger partial charge in [-0.15, -0.1) is 0 Å². The van der Waals surface area contributed by atoms with Crippen LogP contribution in [0.2, 0.25) is 10.0 Å². The largest absolute Gasteiger partial charge is 0.479 e. The van der Waals surface area contributed by atoms with Gasteiger partial charge in [-0.05, 0) is 38.3 Å². The summed E-state index contributed by atoms with van der Waals surface area (Å²) >= 11 is 12.0. The highest BCUT2D eigenvalue weighted by Gasteiger charge is 2.35. The molecule has 0 bridgehead atoms. The Labute approximate surface area is 140 Å². The Hall–Kier alpha value is -0.970. The molecule has 3 rings (SSSR count). The summed E-state index contributed by atoms with van der Waals surface area (Å²) in [5.74, 6) is 0.321. The van der Waals surface area contributed by atoms with Crippen molar-refractivity contribution in [3.8, 4) is 5.75 Å². The maximum Gasteiger partial charge on any atom is 0.261 e. The van der Waals surface area contributed by atoms with Crippen LogP contribution >= 0.6 is 23.2 Å². The second-order valence-electron chi connectivity index (χ2n) is 6.03. The zero-order valence-electron chi connectivity index (χ0n) is 12.5. The molecule has 0 aromatic heterocycles. The van der Waals surface area contributed by atoms with Crippen molar-refractivity contribution in [1.82, 2.24) is 10.2 Å². The minimum Gasteiger partial charge on any atom is -0.479 e.